The van der Waals surface area contributed by atoms with E-state index in [1.54, 1.807) is 22.9 Å². The summed E-state index contributed by atoms with van der Waals surface area (Å²) in [6, 6.07) is 12.4. The number of hydrogen-bond donors (Lipinski definition) is 1. The topological polar surface area (TPSA) is 93.9 Å². The van der Waals surface area contributed by atoms with Crippen LogP contribution < -0.4 is 10.3 Å². The van der Waals surface area contributed by atoms with Crippen molar-refractivity contribution in [3.05, 3.63) is 87.6 Å². The summed E-state index contributed by atoms with van der Waals surface area (Å²) in [6.07, 6.45) is 5.57. The molecule has 3 heterocycles. The number of nitrogens with zero attached hydrogens (tertiary/aromatic N) is 3. The fraction of sp³-hybridized carbons (Fsp3) is 0.346. The summed E-state index contributed by atoms with van der Waals surface area (Å²) in [5.41, 5.74) is 2.86. The molecule has 0 unspecified atom stereocenters. The molecule has 0 spiro atoms. The molecular formula is C26H29N3O5. The molecule has 0 radical (unpaired) electrons. The number of carbonyl (C=O) groups is 1. The van der Waals surface area contributed by atoms with Crippen LogP contribution >= 0.6 is 0 Å². The minimum Gasteiger partial charge on any atom is -0.508 e. The van der Waals surface area contributed by atoms with Crippen LogP contribution in [0.4, 0.5) is 0 Å². The minimum atomic E-state index is -0.507. The first-order chi connectivity index (χ1) is 16.5. The molecule has 178 valence electrons. The van der Waals surface area contributed by atoms with Gasteiger partial charge in [0, 0.05) is 56.8 Å². The third-order valence-corrected chi connectivity index (χ3v) is 5.98. The standard InChI is InChI=1S/C26H29N3O5/c1-33-26(32)25-22-9-11-28(18-20-5-2-8-21(30)15-20)12-13-29(22)24(31)16-23(25)34-14-4-7-19-6-3-10-27-17-19/h2-3,5-6,8,10,15-17,30H,4,7,9,11-14,18H2,1H3. The van der Waals surface area contributed by atoms with Crippen LogP contribution in [0.1, 0.15) is 33.6 Å². The molecule has 34 heavy (non-hydrogen) atoms. The van der Waals surface area contributed by atoms with Crippen LogP contribution in [0.25, 0.3) is 0 Å². The van der Waals surface area contributed by atoms with Gasteiger partial charge in [0.05, 0.1) is 13.7 Å². The maximum absolute atomic E-state index is 12.9. The third kappa shape index (κ3) is 5.63. The van der Waals surface area contributed by atoms with Gasteiger partial charge in [0.1, 0.15) is 17.1 Å². The lowest BCUT2D eigenvalue weighted by Crippen LogP contribution is -2.29. The first kappa shape index (κ1) is 23.5. The third-order valence-electron chi connectivity index (χ3n) is 5.98. The van der Waals surface area contributed by atoms with Crippen molar-refractivity contribution in [2.45, 2.75) is 32.4 Å². The predicted molar refractivity (Wildman–Crippen MR) is 127 cm³/mol. The summed E-state index contributed by atoms with van der Waals surface area (Å²) in [5.74, 6) is -0.00622. The number of carbonyl (C=O) groups excluding carboxylic acids is 1. The Bertz CT molecular complexity index is 1190. The number of benzene rings is 1. The number of phenolic OH excluding ortho intramolecular Hbond substituents is 1. The average molecular weight is 464 g/mol. The number of hydrogen-bond acceptors (Lipinski definition) is 7. The Morgan fingerprint density at radius 3 is 2.74 bits per heavy atom. The smallest absolute Gasteiger partial charge is 0.343 e. The highest BCUT2D eigenvalue weighted by Gasteiger charge is 2.26. The fourth-order valence-electron chi connectivity index (χ4n) is 4.30. The number of aromatic hydroxyl groups is 1. The van der Waals surface area contributed by atoms with E-state index in [2.05, 4.69) is 9.88 Å². The van der Waals surface area contributed by atoms with E-state index in [1.165, 1.54) is 13.2 Å². The van der Waals surface area contributed by atoms with Crippen molar-refractivity contribution < 1.29 is 19.4 Å². The van der Waals surface area contributed by atoms with Crippen LogP contribution in [-0.4, -0.2) is 52.3 Å². The highest BCUT2D eigenvalue weighted by atomic mass is 16.5. The average Bonchev–Trinajstić information content (AvgIpc) is 3.05. The molecule has 4 rings (SSSR count). The van der Waals surface area contributed by atoms with Crippen molar-refractivity contribution in [3.63, 3.8) is 0 Å². The second-order valence-corrected chi connectivity index (χ2v) is 8.32. The molecule has 2 aromatic heterocycles. The van der Waals surface area contributed by atoms with Crippen molar-refractivity contribution >= 4 is 5.97 Å². The first-order valence-corrected chi connectivity index (χ1v) is 11.4. The number of aromatic nitrogens is 2. The SMILES string of the molecule is COC(=O)c1c(OCCCc2cccnc2)cc(=O)n2c1CCN(Cc1cccc(O)c1)CC2. The van der Waals surface area contributed by atoms with E-state index in [4.69, 9.17) is 9.47 Å². The van der Waals surface area contributed by atoms with Gasteiger partial charge in [0.2, 0.25) is 0 Å². The summed E-state index contributed by atoms with van der Waals surface area (Å²) < 4.78 is 12.6. The molecule has 0 saturated heterocycles. The van der Waals surface area contributed by atoms with Crippen LogP contribution in [0.5, 0.6) is 11.5 Å². The number of methoxy groups -OCH3 is 1. The molecule has 1 aliphatic heterocycles. The zero-order valence-corrected chi connectivity index (χ0v) is 19.3. The zero-order chi connectivity index (χ0) is 23.9. The number of rotatable bonds is 8. The quantitative estimate of drug-likeness (QED) is 0.406. The van der Waals surface area contributed by atoms with Gasteiger partial charge in [-0.3, -0.25) is 14.7 Å². The number of fused-ring (bicyclic) bond motifs is 1. The van der Waals surface area contributed by atoms with Crippen LogP contribution in [0, 0.1) is 0 Å². The van der Waals surface area contributed by atoms with E-state index in [1.807, 2.05) is 30.5 Å². The van der Waals surface area contributed by atoms with Crippen molar-refractivity contribution in [2.24, 2.45) is 0 Å². The number of aryl methyl sites for hydroxylation is 1. The Morgan fingerprint density at radius 1 is 1.12 bits per heavy atom. The molecule has 1 aliphatic rings. The summed E-state index contributed by atoms with van der Waals surface area (Å²) in [4.78, 5) is 32.0. The molecule has 0 bridgehead atoms. The van der Waals surface area contributed by atoms with E-state index >= 15 is 0 Å². The molecule has 0 atom stereocenters. The molecule has 8 nitrogen and oxygen atoms in total. The monoisotopic (exact) mass is 463 g/mol. The molecule has 1 aromatic carbocycles. The summed E-state index contributed by atoms with van der Waals surface area (Å²) in [5, 5.41) is 9.75. The maximum atomic E-state index is 12.9. The van der Waals surface area contributed by atoms with E-state index in [-0.39, 0.29) is 17.1 Å². The summed E-state index contributed by atoms with van der Waals surface area (Å²) >= 11 is 0. The van der Waals surface area contributed by atoms with Gasteiger partial charge in [0.15, 0.2) is 0 Å². The zero-order valence-electron chi connectivity index (χ0n) is 19.3. The minimum absolute atomic E-state index is 0.191. The Morgan fingerprint density at radius 2 is 1.97 bits per heavy atom. The van der Waals surface area contributed by atoms with Crippen LogP contribution in [0.3, 0.4) is 0 Å². The highest BCUT2D eigenvalue weighted by Crippen LogP contribution is 2.25. The molecule has 8 heteroatoms. The lowest BCUT2D eigenvalue weighted by Gasteiger charge is -2.19. The van der Waals surface area contributed by atoms with Crippen LogP contribution in [-0.2, 0) is 30.7 Å². The van der Waals surface area contributed by atoms with Gasteiger partial charge >= 0.3 is 5.97 Å². The van der Waals surface area contributed by atoms with Crippen LogP contribution in [0.2, 0.25) is 0 Å². The molecule has 1 N–H and O–H groups in total. The van der Waals surface area contributed by atoms with Gasteiger partial charge in [-0.25, -0.2) is 4.79 Å². The van der Waals surface area contributed by atoms with Crippen LogP contribution in [0.15, 0.2) is 59.7 Å². The number of phenols is 1. The molecule has 0 saturated carbocycles. The van der Waals surface area contributed by atoms with E-state index in [0.717, 1.165) is 24.0 Å². The number of esters is 1. The summed E-state index contributed by atoms with van der Waals surface area (Å²) in [6.45, 7) is 2.77. The van der Waals surface area contributed by atoms with Crippen molar-refractivity contribution in [1.82, 2.24) is 14.5 Å². The molecule has 0 amide bonds. The number of ether oxygens (including phenoxy) is 2. The van der Waals surface area contributed by atoms with Gasteiger partial charge in [0.25, 0.3) is 5.56 Å². The number of pyridine rings is 2. The molecule has 0 aliphatic carbocycles. The molecule has 0 fully saturated rings. The Balaban J connectivity index is 1.51. The normalized spacial score (nSPS) is 13.7. The Hall–Kier alpha value is -3.65. The predicted octanol–water partition coefficient (Wildman–Crippen LogP) is 2.81. The lowest BCUT2D eigenvalue weighted by atomic mass is 10.1. The Kier molecular flexibility index (Phi) is 7.59. The Labute approximate surface area is 198 Å². The van der Waals surface area contributed by atoms with E-state index in [0.29, 0.717) is 50.5 Å². The van der Waals surface area contributed by atoms with E-state index in [9.17, 15) is 14.7 Å². The lowest BCUT2D eigenvalue weighted by molar-refractivity contribution is 0.0593. The van der Waals surface area contributed by atoms with Gasteiger partial charge in [-0.15, -0.1) is 0 Å². The fourth-order valence-corrected chi connectivity index (χ4v) is 4.30. The van der Waals surface area contributed by atoms with Gasteiger partial charge in [-0.1, -0.05) is 18.2 Å². The highest BCUT2D eigenvalue weighted by molar-refractivity contribution is 5.93. The molecular weight excluding hydrogens is 434 g/mol. The van der Waals surface area contributed by atoms with Crippen molar-refractivity contribution in [2.75, 3.05) is 26.8 Å². The van der Waals surface area contributed by atoms with E-state index < -0.39 is 5.97 Å². The second kappa shape index (κ2) is 11.0. The second-order valence-electron chi connectivity index (χ2n) is 8.32. The summed E-state index contributed by atoms with van der Waals surface area (Å²) in [7, 11) is 1.33. The maximum Gasteiger partial charge on any atom is 0.343 e. The van der Waals surface area contributed by atoms with Crippen molar-refractivity contribution in [3.8, 4) is 11.5 Å². The first-order valence-electron chi connectivity index (χ1n) is 11.4. The van der Waals surface area contributed by atoms with Crippen molar-refractivity contribution in [1.29, 1.82) is 0 Å². The van der Waals surface area contributed by atoms with Gasteiger partial charge in [-0.2, -0.15) is 0 Å². The van der Waals surface area contributed by atoms with Gasteiger partial charge < -0.3 is 19.1 Å². The largest absolute Gasteiger partial charge is 0.508 e. The van der Waals surface area contributed by atoms with Gasteiger partial charge in [-0.05, 0) is 42.2 Å². The molecule has 3 aromatic rings.